The summed E-state index contributed by atoms with van der Waals surface area (Å²) in [7, 11) is 0. The highest BCUT2D eigenvalue weighted by atomic mass is 35.5. The van der Waals surface area contributed by atoms with Crippen molar-refractivity contribution in [1.29, 1.82) is 0 Å². The molecule has 0 saturated carbocycles. The average molecular weight is 658 g/mol. The van der Waals surface area contributed by atoms with E-state index in [0.29, 0.717) is 10.9 Å². The number of hydrogen-bond donors (Lipinski definition) is 0. The molecule has 1 aliphatic heterocycles. The van der Waals surface area contributed by atoms with Crippen molar-refractivity contribution >= 4 is 51.9 Å². The van der Waals surface area contributed by atoms with E-state index < -0.39 is 54.6 Å². The summed E-state index contributed by atoms with van der Waals surface area (Å²) >= 11 is 12.7. The molecule has 1 saturated heterocycles. The fourth-order valence-electron chi connectivity index (χ4n) is 5.16. The van der Waals surface area contributed by atoms with Crippen molar-refractivity contribution < 1.29 is 33.3 Å². The van der Waals surface area contributed by atoms with Gasteiger partial charge in [0.15, 0.2) is 18.4 Å². The first kappa shape index (κ1) is 31.0. The second-order valence-corrected chi connectivity index (χ2v) is 11.1. The topological polar surface area (TPSA) is 110 Å². The Kier molecular flexibility index (Phi) is 9.16. The minimum atomic E-state index is -1.37. The van der Waals surface area contributed by atoms with Crippen molar-refractivity contribution in [2.45, 2.75) is 24.5 Å². The highest BCUT2D eigenvalue weighted by Gasteiger charge is 2.51. The van der Waals surface area contributed by atoms with Gasteiger partial charge in [-0.2, -0.15) is 0 Å². The maximum atomic E-state index is 13.9. The van der Waals surface area contributed by atoms with E-state index in [4.69, 9.17) is 42.1 Å². The van der Waals surface area contributed by atoms with Gasteiger partial charge in [-0.25, -0.2) is 14.4 Å². The number of carbonyl (C=O) groups excluding carboxylic acids is 3. The first-order chi connectivity index (χ1) is 22.3. The van der Waals surface area contributed by atoms with Crippen LogP contribution in [-0.4, -0.2) is 47.4 Å². The maximum Gasteiger partial charge on any atom is 0.338 e. The number of aromatic nitrogens is 1. The van der Waals surface area contributed by atoms with Gasteiger partial charge in [0.2, 0.25) is 0 Å². The van der Waals surface area contributed by atoms with Crippen LogP contribution in [0.15, 0.2) is 120 Å². The third-order valence-corrected chi connectivity index (χ3v) is 8.25. The Balaban J connectivity index is 1.41. The monoisotopic (exact) mass is 657 g/mol. The van der Waals surface area contributed by atoms with Crippen LogP contribution < -0.4 is 5.56 Å². The van der Waals surface area contributed by atoms with Gasteiger partial charge in [-0.3, -0.25) is 9.36 Å². The van der Waals surface area contributed by atoms with Crippen molar-refractivity contribution in [3.63, 3.8) is 0 Å². The van der Waals surface area contributed by atoms with E-state index in [1.54, 1.807) is 109 Å². The number of ether oxygens (including phenoxy) is 4. The van der Waals surface area contributed by atoms with Crippen LogP contribution in [0.1, 0.15) is 37.3 Å². The number of nitrogens with zero attached hydrogens (tertiary/aromatic N) is 1. The zero-order valence-corrected chi connectivity index (χ0v) is 25.5. The van der Waals surface area contributed by atoms with Gasteiger partial charge in [-0.05, 0) is 53.9 Å². The summed E-state index contributed by atoms with van der Waals surface area (Å²) in [4.78, 5) is 53.5. The molecule has 0 radical (unpaired) electrons. The van der Waals surface area contributed by atoms with Crippen LogP contribution in [0.2, 0.25) is 10.0 Å². The molecular formula is C35H25Cl2NO8. The number of pyridine rings is 1. The number of rotatable bonds is 8. The van der Waals surface area contributed by atoms with E-state index in [2.05, 4.69) is 0 Å². The minimum Gasteiger partial charge on any atom is -0.459 e. The first-order valence-corrected chi connectivity index (χ1v) is 15.0. The Labute approximate surface area is 272 Å². The van der Waals surface area contributed by atoms with Crippen molar-refractivity contribution in [3.05, 3.63) is 152 Å². The lowest BCUT2D eigenvalue weighted by Gasteiger charge is -2.25. The van der Waals surface area contributed by atoms with Gasteiger partial charge in [0.25, 0.3) is 5.56 Å². The van der Waals surface area contributed by atoms with Gasteiger partial charge < -0.3 is 18.9 Å². The standard InChI is InChI=1S/C35H25Cl2NO8/c36-25-17-16-21-18-19-38(31(39)27(21)28(25)37)32-30(46-35(42)24-14-8-3-9-15-24)29(45-34(41)23-12-6-2-7-13-23)26(44-32)20-43-33(40)22-10-4-1-5-11-22/h1-19,26,29-30,32H,20H2/t26-,29-,30-,32-/m1/s1. The van der Waals surface area contributed by atoms with Crippen molar-refractivity contribution in [3.8, 4) is 0 Å². The summed E-state index contributed by atoms with van der Waals surface area (Å²) in [6.07, 6.45) is -3.71. The van der Waals surface area contributed by atoms with Crippen LogP contribution in [0.25, 0.3) is 10.8 Å². The molecule has 4 aromatic carbocycles. The molecule has 46 heavy (non-hydrogen) atoms. The van der Waals surface area contributed by atoms with Crippen LogP contribution in [0, 0.1) is 0 Å². The predicted octanol–water partition coefficient (Wildman–Crippen LogP) is 6.51. The molecule has 0 spiro atoms. The number of hydrogen-bond acceptors (Lipinski definition) is 8. The molecule has 6 rings (SSSR count). The van der Waals surface area contributed by atoms with Gasteiger partial charge in [0, 0.05) is 6.20 Å². The number of esters is 3. The lowest BCUT2D eigenvalue weighted by atomic mass is 10.1. The molecule has 1 fully saturated rings. The molecule has 2 heterocycles. The molecular weight excluding hydrogens is 633 g/mol. The summed E-state index contributed by atoms with van der Waals surface area (Å²) < 4.78 is 24.9. The largest absolute Gasteiger partial charge is 0.459 e. The minimum absolute atomic E-state index is 0.0368. The Hall–Kier alpha value is -4.96. The van der Waals surface area contributed by atoms with E-state index in [0.717, 1.165) is 0 Å². The lowest BCUT2D eigenvalue weighted by molar-refractivity contribution is -0.0632. The molecule has 0 bridgehead atoms. The molecule has 0 N–H and O–H groups in total. The van der Waals surface area contributed by atoms with Crippen LogP contribution in [-0.2, 0) is 18.9 Å². The first-order valence-electron chi connectivity index (χ1n) is 14.2. The van der Waals surface area contributed by atoms with Crippen molar-refractivity contribution in [1.82, 2.24) is 4.57 Å². The Bertz CT molecular complexity index is 1950. The second-order valence-electron chi connectivity index (χ2n) is 10.4. The summed E-state index contributed by atoms with van der Waals surface area (Å²) in [5, 5.41) is 0.843. The summed E-state index contributed by atoms with van der Waals surface area (Å²) in [6.45, 7) is -0.398. The van der Waals surface area contributed by atoms with Crippen LogP contribution in [0.4, 0.5) is 0 Å². The molecule has 0 aliphatic carbocycles. The number of halogens is 2. The number of carbonyl (C=O) groups is 3. The highest BCUT2D eigenvalue weighted by Crippen LogP contribution is 2.36. The highest BCUT2D eigenvalue weighted by molar-refractivity contribution is 6.45. The van der Waals surface area contributed by atoms with E-state index in [1.165, 1.54) is 10.8 Å². The fraction of sp³-hybridized carbons (Fsp3) is 0.143. The molecule has 0 amide bonds. The molecule has 0 unspecified atom stereocenters. The van der Waals surface area contributed by atoms with E-state index in [9.17, 15) is 19.2 Å². The zero-order valence-electron chi connectivity index (χ0n) is 24.0. The van der Waals surface area contributed by atoms with Gasteiger partial charge in [-0.15, -0.1) is 0 Å². The van der Waals surface area contributed by atoms with Gasteiger partial charge in [0.05, 0.1) is 32.1 Å². The Morgan fingerprint density at radius 1 is 0.674 bits per heavy atom. The second kappa shape index (κ2) is 13.6. The molecule has 5 aromatic rings. The quantitative estimate of drug-likeness (QED) is 0.137. The van der Waals surface area contributed by atoms with E-state index in [1.807, 2.05) is 0 Å². The zero-order chi connectivity index (χ0) is 32.2. The summed E-state index contributed by atoms with van der Waals surface area (Å²) in [6, 6.07) is 29.5. The summed E-state index contributed by atoms with van der Waals surface area (Å²) in [5.41, 5.74) is 0.141. The predicted molar refractivity (Wildman–Crippen MR) is 170 cm³/mol. The van der Waals surface area contributed by atoms with Crippen molar-refractivity contribution in [2.24, 2.45) is 0 Å². The normalized spacial score (nSPS) is 19.0. The number of benzene rings is 4. The Morgan fingerprint density at radius 3 is 1.76 bits per heavy atom. The molecule has 9 nitrogen and oxygen atoms in total. The fourth-order valence-corrected chi connectivity index (χ4v) is 5.57. The SMILES string of the molecule is O=C(OC[C@H]1O[C@@H](n2ccc3ccc(Cl)c(Cl)c3c2=O)[C@H](OC(=O)c2ccccc2)[C@@H]1OC(=O)c1ccccc1)c1ccccc1. The maximum absolute atomic E-state index is 13.9. The summed E-state index contributed by atoms with van der Waals surface area (Å²) in [5.74, 6) is -2.14. The molecule has 1 aromatic heterocycles. The Morgan fingerprint density at radius 2 is 1.20 bits per heavy atom. The lowest BCUT2D eigenvalue weighted by Crippen LogP contribution is -2.42. The van der Waals surface area contributed by atoms with E-state index in [-0.39, 0.29) is 26.6 Å². The molecule has 4 atom stereocenters. The third kappa shape index (κ3) is 6.39. The molecule has 232 valence electrons. The van der Waals surface area contributed by atoms with Crippen molar-refractivity contribution in [2.75, 3.05) is 6.61 Å². The molecule has 11 heteroatoms. The number of fused-ring (bicyclic) bond motifs is 1. The van der Waals surface area contributed by atoms with Gasteiger partial charge >= 0.3 is 17.9 Å². The van der Waals surface area contributed by atoms with Gasteiger partial charge in [-0.1, -0.05) is 83.9 Å². The van der Waals surface area contributed by atoms with Gasteiger partial charge in [0.1, 0.15) is 12.7 Å². The van der Waals surface area contributed by atoms with E-state index >= 15 is 0 Å². The molecule has 1 aliphatic rings. The van der Waals surface area contributed by atoms with Crippen LogP contribution in [0.5, 0.6) is 0 Å². The third-order valence-electron chi connectivity index (χ3n) is 7.44. The van der Waals surface area contributed by atoms with Crippen LogP contribution >= 0.6 is 23.2 Å². The smallest absolute Gasteiger partial charge is 0.338 e. The van der Waals surface area contributed by atoms with Crippen LogP contribution in [0.3, 0.4) is 0 Å². The average Bonchev–Trinajstić information content (AvgIpc) is 3.42.